The second-order valence-corrected chi connectivity index (χ2v) is 6.45. The van der Waals surface area contributed by atoms with Crippen LogP contribution in [0.3, 0.4) is 0 Å². The fourth-order valence-corrected chi connectivity index (χ4v) is 2.92. The van der Waals surface area contributed by atoms with Crippen molar-refractivity contribution in [1.29, 1.82) is 0 Å². The molecule has 0 unspecified atom stereocenters. The molecule has 0 atom stereocenters. The Morgan fingerprint density at radius 3 is 2.24 bits per heavy atom. The van der Waals surface area contributed by atoms with Gasteiger partial charge >= 0.3 is 0 Å². The highest BCUT2D eigenvalue weighted by Gasteiger charge is 2.18. The van der Waals surface area contributed by atoms with Gasteiger partial charge in [-0.25, -0.2) is 9.97 Å². The van der Waals surface area contributed by atoms with E-state index in [1.54, 1.807) is 30.0 Å². The van der Waals surface area contributed by atoms with Gasteiger partial charge in [-0.1, -0.05) is 18.2 Å². The molecule has 0 radical (unpaired) electrons. The van der Waals surface area contributed by atoms with E-state index in [1.807, 2.05) is 49.4 Å². The first kappa shape index (κ1) is 20.0. The van der Waals surface area contributed by atoms with Crippen molar-refractivity contribution in [2.45, 2.75) is 20.8 Å². The van der Waals surface area contributed by atoms with Crippen molar-refractivity contribution in [2.75, 3.05) is 22.1 Å². The molecule has 3 rings (SSSR count). The van der Waals surface area contributed by atoms with Gasteiger partial charge in [-0.3, -0.25) is 9.59 Å². The van der Waals surface area contributed by atoms with E-state index in [0.717, 1.165) is 11.4 Å². The minimum absolute atomic E-state index is 0.126. The van der Waals surface area contributed by atoms with Crippen molar-refractivity contribution in [1.82, 2.24) is 9.97 Å². The lowest BCUT2D eigenvalue weighted by Crippen LogP contribution is -2.31. The fourth-order valence-electron chi connectivity index (χ4n) is 2.92. The van der Waals surface area contributed by atoms with Gasteiger partial charge in [0.2, 0.25) is 5.91 Å². The van der Waals surface area contributed by atoms with Gasteiger partial charge in [-0.05, 0) is 50.2 Å². The number of benzene rings is 2. The molecular formula is C22H23N5O2. The fraction of sp³-hybridized carbons (Fsp3) is 0.182. The second-order valence-electron chi connectivity index (χ2n) is 6.45. The molecular weight excluding hydrogens is 366 g/mol. The summed E-state index contributed by atoms with van der Waals surface area (Å²) in [5.74, 6) is 0.710. The molecule has 148 valence electrons. The minimum Gasteiger partial charge on any atom is -0.340 e. The van der Waals surface area contributed by atoms with Crippen LogP contribution >= 0.6 is 0 Å². The van der Waals surface area contributed by atoms with E-state index in [1.165, 1.54) is 6.92 Å². The average molecular weight is 389 g/mol. The molecule has 0 saturated heterocycles. The summed E-state index contributed by atoms with van der Waals surface area (Å²) in [4.78, 5) is 34.6. The lowest BCUT2D eigenvalue weighted by atomic mass is 10.2. The summed E-state index contributed by atoms with van der Waals surface area (Å²) in [5.41, 5.74) is 2.63. The summed E-state index contributed by atoms with van der Waals surface area (Å²) in [5, 5.41) is 5.90. The van der Waals surface area contributed by atoms with E-state index in [0.29, 0.717) is 29.6 Å². The number of anilines is 4. The minimum atomic E-state index is -0.187. The monoisotopic (exact) mass is 389 g/mol. The number of carbonyl (C=O) groups is 2. The first-order chi connectivity index (χ1) is 14.0. The third-order valence-electron chi connectivity index (χ3n) is 4.16. The molecule has 0 aliphatic carbocycles. The predicted molar refractivity (Wildman–Crippen MR) is 115 cm³/mol. The van der Waals surface area contributed by atoms with Crippen molar-refractivity contribution in [3.63, 3.8) is 0 Å². The van der Waals surface area contributed by atoms with Crippen LogP contribution in [0.2, 0.25) is 0 Å². The predicted octanol–water partition coefficient (Wildman–Crippen LogP) is 4.15. The summed E-state index contributed by atoms with van der Waals surface area (Å²) in [6.45, 7) is 5.66. The Labute approximate surface area is 169 Å². The maximum atomic E-state index is 13.0. The van der Waals surface area contributed by atoms with Crippen LogP contribution in [0.15, 0.2) is 60.7 Å². The number of aryl methyl sites for hydroxylation is 1. The number of nitrogens with zero attached hydrogens (tertiary/aromatic N) is 3. The number of carbonyl (C=O) groups excluding carboxylic acids is 2. The van der Waals surface area contributed by atoms with Crippen molar-refractivity contribution < 1.29 is 9.59 Å². The Morgan fingerprint density at radius 2 is 1.62 bits per heavy atom. The lowest BCUT2D eigenvalue weighted by Gasteiger charge is -2.21. The van der Waals surface area contributed by atoms with Crippen molar-refractivity contribution in [3.8, 4) is 0 Å². The third kappa shape index (κ3) is 5.16. The van der Waals surface area contributed by atoms with Gasteiger partial charge in [-0.2, -0.15) is 0 Å². The SMILES string of the molecule is CCN(C(=O)c1cc(Nc2ccc(NC(C)=O)cc2)nc(C)n1)c1ccccc1. The van der Waals surface area contributed by atoms with Crippen LogP contribution in [0.1, 0.15) is 30.2 Å². The molecule has 0 spiro atoms. The Kier molecular flexibility index (Phi) is 6.19. The standard InChI is InChI=1S/C22H23N5O2/c1-4-27(19-8-6-5-7-9-19)22(29)20-14-21(24-15(2)23-20)26-18-12-10-17(11-13-18)25-16(3)28/h5-14H,4H2,1-3H3,(H,25,28)(H,23,24,26). The normalized spacial score (nSPS) is 10.3. The average Bonchev–Trinajstić information content (AvgIpc) is 2.70. The van der Waals surface area contributed by atoms with Crippen molar-refractivity contribution >= 4 is 34.7 Å². The zero-order valence-corrected chi connectivity index (χ0v) is 16.6. The van der Waals surface area contributed by atoms with E-state index in [9.17, 15) is 9.59 Å². The molecule has 1 heterocycles. The molecule has 2 N–H and O–H groups in total. The molecule has 0 aliphatic rings. The van der Waals surface area contributed by atoms with Crippen molar-refractivity contribution in [2.24, 2.45) is 0 Å². The quantitative estimate of drug-likeness (QED) is 0.661. The highest BCUT2D eigenvalue weighted by atomic mass is 16.2. The zero-order valence-electron chi connectivity index (χ0n) is 16.6. The molecule has 2 aromatic carbocycles. The van der Waals surface area contributed by atoms with Gasteiger partial charge in [0.1, 0.15) is 17.3 Å². The number of para-hydroxylation sites is 1. The van der Waals surface area contributed by atoms with Gasteiger partial charge in [0.15, 0.2) is 0 Å². The Hall–Kier alpha value is -3.74. The van der Waals surface area contributed by atoms with Crippen LogP contribution in [0, 0.1) is 6.92 Å². The van der Waals surface area contributed by atoms with E-state index in [-0.39, 0.29) is 11.8 Å². The van der Waals surface area contributed by atoms with Crippen LogP contribution in [0.4, 0.5) is 22.9 Å². The number of rotatable bonds is 6. The molecule has 0 bridgehead atoms. The molecule has 7 heteroatoms. The Bertz CT molecular complexity index is 1000. The number of nitrogens with one attached hydrogen (secondary N) is 2. The highest BCUT2D eigenvalue weighted by molar-refractivity contribution is 6.05. The number of amides is 2. The number of aromatic nitrogens is 2. The van der Waals surface area contributed by atoms with E-state index >= 15 is 0 Å². The zero-order chi connectivity index (χ0) is 20.8. The summed E-state index contributed by atoms with van der Waals surface area (Å²) < 4.78 is 0. The molecule has 7 nitrogen and oxygen atoms in total. The first-order valence-electron chi connectivity index (χ1n) is 9.33. The molecule has 29 heavy (non-hydrogen) atoms. The highest BCUT2D eigenvalue weighted by Crippen LogP contribution is 2.20. The summed E-state index contributed by atoms with van der Waals surface area (Å²) >= 11 is 0. The molecule has 2 amide bonds. The Balaban J connectivity index is 1.82. The number of hydrogen-bond donors (Lipinski definition) is 2. The largest absolute Gasteiger partial charge is 0.340 e. The van der Waals surface area contributed by atoms with Crippen LogP contribution in [-0.4, -0.2) is 28.3 Å². The van der Waals surface area contributed by atoms with E-state index < -0.39 is 0 Å². The van der Waals surface area contributed by atoms with Gasteiger partial charge in [0.05, 0.1) is 0 Å². The second kappa shape index (κ2) is 8.97. The maximum Gasteiger partial charge on any atom is 0.277 e. The lowest BCUT2D eigenvalue weighted by molar-refractivity contribution is -0.114. The summed E-state index contributed by atoms with van der Waals surface area (Å²) in [7, 11) is 0. The van der Waals surface area contributed by atoms with Gasteiger partial charge < -0.3 is 15.5 Å². The van der Waals surface area contributed by atoms with Gasteiger partial charge in [0.25, 0.3) is 5.91 Å². The molecule has 0 aliphatic heterocycles. The number of hydrogen-bond acceptors (Lipinski definition) is 5. The Morgan fingerprint density at radius 1 is 0.966 bits per heavy atom. The van der Waals surface area contributed by atoms with Crippen LogP contribution in [0.25, 0.3) is 0 Å². The summed E-state index contributed by atoms with van der Waals surface area (Å²) in [6, 6.07) is 18.4. The topological polar surface area (TPSA) is 87.2 Å². The molecule has 0 saturated carbocycles. The van der Waals surface area contributed by atoms with Gasteiger partial charge in [-0.15, -0.1) is 0 Å². The molecule has 1 aromatic heterocycles. The molecule has 3 aromatic rings. The van der Waals surface area contributed by atoms with Crippen LogP contribution < -0.4 is 15.5 Å². The van der Waals surface area contributed by atoms with Crippen LogP contribution in [-0.2, 0) is 4.79 Å². The van der Waals surface area contributed by atoms with E-state index in [4.69, 9.17) is 0 Å². The van der Waals surface area contributed by atoms with Gasteiger partial charge in [0, 0.05) is 36.6 Å². The smallest absolute Gasteiger partial charge is 0.277 e. The third-order valence-corrected chi connectivity index (χ3v) is 4.16. The first-order valence-corrected chi connectivity index (χ1v) is 9.33. The van der Waals surface area contributed by atoms with Crippen molar-refractivity contribution in [3.05, 3.63) is 72.2 Å². The summed E-state index contributed by atoms with van der Waals surface area (Å²) in [6.07, 6.45) is 0. The van der Waals surface area contributed by atoms with E-state index in [2.05, 4.69) is 20.6 Å². The molecule has 0 fully saturated rings. The maximum absolute atomic E-state index is 13.0. The van der Waals surface area contributed by atoms with Crippen LogP contribution in [0.5, 0.6) is 0 Å².